The summed E-state index contributed by atoms with van der Waals surface area (Å²) in [5.41, 5.74) is 10.9. The molecule has 8 rings (SSSR count). The lowest BCUT2D eigenvalue weighted by Crippen LogP contribution is -2.11. The van der Waals surface area contributed by atoms with Gasteiger partial charge in [-0.15, -0.1) is 0 Å². The second-order valence-electron chi connectivity index (χ2n) is 11.9. The Morgan fingerprint density at radius 1 is 0.674 bits per heavy atom. The van der Waals surface area contributed by atoms with Gasteiger partial charge >= 0.3 is 0 Å². The van der Waals surface area contributed by atoms with Gasteiger partial charge in [0.2, 0.25) is 0 Å². The fraction of sp³-hybridized carbons (Fsp3) is 0.119. The summed E-state index contributed by atoms with van der Waals surface area (Å²) >= 11 is 0. The van der Waals surface area contributed by atoms with Crippen molar-refractivity contribution in [3.8, 4) is 11.4 Å². The minimum absolute atomic E-state index is 0.676. The Morgan fingerprint density at radius 3 is 2.41 bits per heavy atom. The van der Waals surface area contributed by atoms with E-state index in [9.17, 15) is 0 Å². The number of aromatic nitrogens is 3. The van der Waals surface area contributed by atoms with Crippen molar-refractivity contribution in [3.05, 3.63) is 173 Å². The SMILES string of the molecule is C=C1C=Cc2cc(C3=C(c4nc(C5=CC=CCC5)nc(-c5ccccc5)n4)c4c(oc5ccccc45)CC3)ccc2C/C=C\C=C/1. The smallest absolute Gasteiger partial charge is 0.165 e. The third kappa shape index (κ3) is 5.33. The zero-order valence-corrected chi connectivity index (χ0v) is 25.6. The molecule has 0 bridgehead atoms. The Bertz CT molecular complexity index is 2190. The predicted octanol–water partition coefficient (Wildman–Crippen LogP) is 10.2. The lowest BCUT2D eigenvalue weighted by molar-refractivity contribution is 0.547. The van der Waals surface area contributed by atoms with Gasteiger partial charge in [-0.25, -0.2) is 15.0 Å². The van der Waals surface area contributed by atoms with Gasteiger partial charge in [-0.05, 0) is 71.2 Å². The number of hydrogen-bond donors (Lipinski definition) is 0. The number of nitrogens with zero attached hydrogens (tertiary/aromatic N) is 3. The molecule has 0 spiro atoms. The molecular weight excluding hydrogens is 562 g/mol. The minimum atomic E-state index is 0.676. The normalized spacial score (nSPS) is 17.4. The van der Waals surface area contributed by atoms with Gasteiger partial charge in [-0.3, -0.25) is 0 Å². The van der Waals surface area contributed by atoms with E-state index < -0.39 is 0 Å². The summed E-state index contributed by atoms with van der Waals surface area (Å²) in [6.45, 7) is 4.19. The van der Waals surface area contributed by atoms with Gasteiger partial charge < -0.3 is 4.42 Å². The highest BCUT2D eigenvalue weighted by Crippen LogP contribution is 2.45. The first kappa shape index (κ1) is 27.9. The van der Waals surface area contributed by atoms with Crippen LogP contribution in [-0.4, -0.2) is 15.0 Å². The fourth-order valence-electron chi connectivity index (χ4n) is 6.56. The summed E-state index contributed by atoms with van der Waals surface area (Å²) in [4.78, 5) is 15.5. The average molecular weight is 596 g/mol. The summed E-state index contributed by atoms with van der Waals surface area (Å²) in [6.07, 6.45) is 23.4. The molecule has 0 radical (unpaired) electrons. The largest absolute Gasteiger partial charge is 0.460 e. The Labute approximate surface area is 269 Å². The van der Waals surface area contributed by atoms with Crippen LogP contribution in [-0.2, 0) is 12.8 Å². The second kappa shape index (κ2) is 12.1. The molecule has 0 saturated heterocycles. The summed E-state index contributed by atoms with van der Waals surface area (Å²) in [6, 6.07) is 25.4. The zero-order valence-electron chi connectivity index (χ0n) is 25.6. The van der Waals surface area contributed by atoms with Gasteiger partial charge in [0.15, 0.2) is 17.5 Å². The second-order valence-corrected chi connectivity index (χ2v) is 11.9. The lowest BCUT2D eigenvalue weighted by atomic mass is 9.83. The van der Waals surface area contributed by atoms with E-state index in [2.05, 4.69) is 97.6 Å². The number of hydrogen-bond acceptors (Lipinski definition) is 4. The van der Waals surface area contributed by atoms with Crippen molar-refractivity contribution in [2.24, 2.45) is 0 Å². The summed E-state index contributed by atoms with van der Waals surface area (Å²) in [7, 11) is 0. The highest BCUT2D eigenvalue weighted by atomic mass is 16.3. The molecule has 3 aliphatic carbocycles. The van der Waals surface area contributed by atoms with Crippen molar-refractivity contribution >= 4 is 33.8 Å². The van der Waals surface area contributed by atoms with Crippen LogP contribution in [0.5, 0.6) is 0 Å². The topological polar surface area (TPSA) is 51.8 Å². The van der Waals surface area contributed by atoms with Crippen LogP contribution in [0.15, 0.2) is 138 Å². The maximum atomic E-state index is 6.49. The summed E-state index contributed by atoms with van der Waals surface area (Å²) < 4.78 is 6.49. The molecule has 2 heterocycles. The van der Waals surface area contributed by atoms with E-state index in [4.69, 9.17) is 19.4 Å². The molecule has 5 aromatic rings. The molecule has 3 aromatic carbocycles. The molecule has 4 heteroatoms. The van der Waals surface area contributed by atoms with E-state index in [1.165, 1.54) is 22.3 Å². The predicted molar refractivity (Wildman–Crippen MR) is 189 cm³/mol. The maximum Gasteiger partial charge on any atom is 0.165 e. The van der Waals surface area contributed by atoms with Crippen molar-refractivity contribution in [2.45, 2.75) is 32.1 Å². The molecular formula is C42H33N3O. The van der Waals surface area contributed by atoms with Crippen LogP contribution >= 0.6 is 0 Å². The van der Waals surface area contributed by atoms with E-state index >= 15 is 0 Å². The highest BCUT2D eigenvalue weighted by Gasteiger charge is 2.30. The average Bonchev–Trinajstić information content (AvgIpc) is 3.50. The molecule has 0 amide bonds. The molecule has 3 aliphatic rings. The molecule has 0 fully saturated rings. The third-order valence-electron chi connectivity index (χ3n) is 8.88. The maximum absolute atomic E-state index is 6.49. The van der Waals surface area contributed by atoms with Crippen LogP contribution in [0.1, 0.15) is 58.9 Å². The molecule has 0 aliphatic heterocycles. The Morgan fingerprint density at radius 2 is 1.52 bits per heavy atom. The molecule has 0 N–H and O–H groups in total. The van der Waals surface area contributed by atoms with Crippen LogP contribution in [0.2, 0.25) is 0 Å². The van der Waals surface area contributed by atoms with E-state index in [1.54, 1.807) is 0 Å². The third-order valence-corrected chi connectivity index (χ3v) is 8.88. The monoisotopic (exact) mass is 595 g/mol. The number of fused-ring (bicyclic) bond motifs is 4. The van der Waals surface area contributed by atoms with Gasteiger partial charge in [0.1, 0.15) is 11.3 Å². The highest BCUT2D eigenvalue weighted by molar-refractivity contribution is 6.06. The Hall–Kier alpha value is -5.61. The Kier molecular flexibility index (Phi) is 7.31. The molecule has 4 nitrogen and oxygen atoms in total. The van der Waals surface area contributed by atoms with Crippen LogP contribution in [0.4, 0.5) is 0 Å². The zero-order chi connectivity index (χ0) is 30.9. The first-order valence-corrected chi connectivity index (χ1v) is 16.0. The fourth-order valence-corrected chi connectivity index (χ4v) is 6.56. The van der Waals surface area contributed by atoms with E-state index in [1.807, 2.05) is 36.4 Å². The first-order valence-electron chi connectivity index (χ1n) is 16.0. The number of para-hydroxylation sites is 1. The van der Waals surface area contributed by atoms with E-state index in [0.29, 0.717) is 11.6 Å². The standard InChI is InChI=1S/C42H33N3O/c1-28-13-5-2-6-14-29-23-24-33(27-32(29)22-21-28)34-25-26-37-38(35-19-11-12-20-36(35)46-37)39(34)42-44-40(30-15-7-3-8-16-30)43-41(45-42)31-17-9-4-10-18-31/h2-9,11-13,15-17,19-24,27H,1,10,14,18,25-26H2/b6-2-,13-5-,22-21?. The van der Waals surface area contributed by atoms with Gasteiger partial charge in [0, 0.05) is 28.5 Å². The van der Waals surface area contributed by atoms with E-state index in [-0.39, 0.29) is 0 Å². The van der Waals surface area contributed by atoms with Crippen LogP contribution in [0.25, 0.3) is 45.2 Å². The van der Waals surface area contributed by atoms with Crippen molar-refractivity contribution in [2.75, 3.05) is 0 Å². The molecule has 0 saturated carbocycles. The van der Waals surface area contributed by atoms with Gasteiger partial charge in [0.25, 0.3) is 0 Å². The first-order chi connectivity index (χ1) is 22.7. The minimum Gasteiger partial charge on any atom is -0.460 e. The summed E-state index contributed by atoms with van der Waals surface area (Å²) in [5.74, 6) is 3.07. The van der Waals surface area contributed by atoms with Crippen molar-refractivity contribution in [1.29, 1.82) is 0 Å². The number of aryl methyl sites for hydroxylation is 1. The quantitative estimate of drug-likeness (QED) is 0.207. The van der Waals surface area contributed by atoms with E-state index in [0.717, 1.165) is 82.5 Å². The van der Waals surface area contributed by atoms with Crippen LogP contribution < -0.4 is 0 Å². The number of allylic oxidation sites excluding steroid dienone is 11. The van der Waals surface area contributed by atoms with Crippen molar-refractivity contribution < 1.29 is 4.42 Å². The van der Waals surface area contributed by atoms with Gasteiger partial charge in [-0.2, -0.15) is 0 Å². The lowest BCUT2D eigenvalue weighted by Gasteiger charge is -2.22. The van der Waals surface area contributed by atoms with Crippen molar-refractivity contribution in [1.82, 2.24) is 15.0 Å². The molecule has 46 heavy (non-hydrogen) atoms. The molecule has 2 aromatic heterocycles. The number of benzene rings is 3. The van der Waals surface area contributed by atoms with Gasteiger partial charge in [0.05, 0.1) is 0 Å². The molecule has 0 unspecified atom stereocenters. The molecule has 0 atom stereocenters. The van der Waals surface area contributed by atoms with Crippen LogP contribution in [0, 0.1) is 0 Å². The van der Waals surface area contributed by atoms with Gasteiger partial charge in [-0.1, -0.05) is 122 Å². The van der Waals surface area contributed by atoms with Crippen molar-refractivity contribution in [3.63, 3.8) is 0 Å². The Balaban J connectivity index is 1.40. The summed E-state index contributed by atoms with van der Waals surface area (Å²) in [5, 5.41) is 1.08. The number of rotatable bonds is 4. The molecule has 222 valence electrons. The number of furan rings is 1. The van der Waals surface area contributed by atoms with Crippen LogP contribution in [0.3, 0.4) is 0 Å².